The number of methoxy groups -OCH3 is 1. The summed E-state index contributed by atoms with van der Waals surface area (Å²) in [6.45, 7) is 16.6. The fourth-order valence-corrected chi connectivity index (χ4v) is 6.56. The summed E-state index contributed by atoms with van der Waals surface area (Å²) in [4.78, 5) is 16.3. The molecule has 2 rings (SSSR count). The summed E-state index contributed by atoms with van der Waals surface area (Å²) in [7, 11) is 1.67. The summed E-state index contributed by atoms with van der Waals surface area (Å²) in [6, 6.07) is 8.14. The molecule has 0 saturated carbocycles. The van der Waals surface area contributed by atoms with Crippen molar-refractivity contribution in [3.05, 3.63) is 28.1 Å². The number of rotatable bonds is 20. The van der Waals surface area contributed by atoms with Gasteiger partial charge in [0.05, 0.1) is 24.0 Å². The van der Waals surface area contributed by atoms with E-state index in [0.29, 0.717) is 50.0 Å². The first-order valence-electron chi connectivity index (χ1n) is 16.9. The van der Waals surface area contributed by atoms with E-state index in [0.717, 1.165) is 55.8 Å². The summed E-state index contributed by atoms with van der Waals surface area (Å²) >= 11 is 1.14. The second kappa shape index (κ2) is 19.9. The van der Waals surface area contributed by atoms with Gasteiger partial charge in [0.2, 0.25) is 5.91 Å². The summed E-state index contributed by atoms with van der Waals surface area (Å²) in [6.07, 6.45) is 10.8. The number of unbranched alkanes of at least 4 members (excludes halogenated alkanes) is 2. The first kappa shape index (κ1) is 37.8. The smallest absolute Gasteiger partial charge is 0.227 e. The number of carbonyl (C=O) groups is 1. The molecule has 1 N–H and O–H groups in total. The number of nitriles is 2. The van der Waals surface area contributed by atoms with Crippen molar-refractivity contribution in [1.82, 2.24) is 0 Å². The van der Waals surface area contributed by atoms with E-state index >= 15 is 0 Å². The van der Waals surface area contributed by atoms with Gasteiger partial charge in [-0.3, -0.25) is 4.79 Å². The van der Waals surface area contributed by atoms with Gasteiger partial charge in [0.1, 0.15) is 28.5 Å². The number of hydrogen-bond acceptors (Lipinski definition) is 8. The molecule has 9 heteroatoms. The van der Waals surface area contributed by atoms with Crippen molar-refractivity contribution >= 4 is 39.3 Å². The zero-order chi connectivity index (χ0) is 33.4. The zero-order valence-electron chi connectivity index (χ0n) is 28.8. The molecule has 2 atom stereocenters. The molecular weight excluding hydrogens is 581 g/mol. The van der Waals surface area contributed by atoms with Crippen LogP contribution in [0, 0.1) is 47.3 Å². The topological polar surface area (TPSA) is 114 Å². The summed E-state index contributed by atoms with van der Waals surface area (Å²) in [5.41, 5.74) is 2.89. The summed E-state index contributed by atoms with van der Waals surface area (Å²) in [5, 5.41) is 31.7. The minimum Gasteiger partial charge on any atom is -0.494 e. The highest BCUT2D eigenvalue weighted by Crippen LogP contribution is 2.42. The maximum absolute atomic E-state index is 13.4. The number of anilines is 2. The fourth-order valence-electron chi connectivity index (χ4n) is 5.68. The normalized spacial score (nSPS) is 12.6. The van der Waals surface area contributed by atoms with Crippen LogP contribution in [0.5, 0.6) is 5.75 Å². The Morgan fingerprint density at radius 2 is 1.53 bits per heavy atom. The van der Waals surface area contributed by atoms with Crippen molar-refractivity contribution in [2.24, 2.45) is 28.0 Å². The number of benzene rings is 1. The van der Waals surface area contributed by atoms with E-state index in [1.165, 1.54) is 38.5 Å². The second-order valence-corrected chi connectivity index (χ2v) is 12.9. The minimum absolute atomic E-state index is 0.0562. The number of thiophene rings is 1. The molecule has 0 fully saturated rings. The highest BCUT2D eigenvalue weighted by Gasteiger charge is 2.24. The van der Waals surface area contributed by atoms with Gasteiger partial charge in [-0.25, -0.2) is 0 Å². The van der Waals surface area contributed by atoms with Crippen LogP contribution in [0.4, 0.5) is 22.1 Å². The van der Waals surface area contributed by atoms with Crippen molar-refractivity contribution < 1.29 is 9.53 Å². The van der Waals surface area contributed by atoms with Crippen LogP contribution in [0.25, 0.3) is 0 Å². The fraction of sp³-hybridized carbons (Fsp3) is 0.639. The predicted molar refractivity (Wildman–Crippen MR) is 187 cm³/mol. The number of nitrogens with one attached hydrogen (secondary N) is 1. The Kier molecular flexibility index (Phi) is 16.7. The van der Waals surface area contributed by atoms with Gasteiger partial charge in [0.15, 0.2) is 5.00 Å². The highest BCUT2D eigenvalue weighted by molar-refractivity contribution is 7.16. The SMILES string of the molecule is CCCCC(CC)CN(CC(CC)CCCC)c1cc(NC(=O)C(CC)CC)c(N=Nc2sc(C#N)c(C)c2C#N)cc1OC. The molecule has 0 aliphatic carbocycles. The number of carbonyl (C=O) groups excluding carboxylic acids is 1. The molecule has 0 aliphatic heterocycles. The van der Waals surface area contributed by atoms with Gasteiger partial charge < -0.3 is 15.0 Å². The van der Waals surface area contributed by atoms with Gasteiger partial charge >= 0.3 is 0 Å². The van der Waals surface area contributed by atoms with Gasteiger partial charge in [0.25, 0.3) is 0 Å². The molecule has 0 saturated heterocycles. The second-order valence-electron chi connectivity index (χ2n) is 11.9. The summed E-state index contributed by atoms with van der Waals surface area (Å²) in [5.74, 6) is 1.57. The molecule has 2 unspecified atom stereocenters. The lowest BCUT2D eigenvalue weighted by Crippen LogP contribution is -2.34. The monoisotopic (exact) mass is 634 g/mol. The van der Waals surface area contributed by atoms with Crippen LogP contribution < -0.4 is 15.0 Å². The van der Waals surface area contributed by atoms with Crippen LogP contribution in [-0.4, -0.2) is 26.1 Å². The molecule has 8 nitrogen and oxygen atoms in total. The van der Waals surface area contributed by atoms with Crippen LogP contribution in [0.1, 0.15) is 122 Å². The van der Waals surface area contributed by atoms with Gasteiger partial charge in [-0.2, -0.15) is 10.5 Å². The third kappa shape index (κ3) is 10.6. The van der Waals surface area contributed by atoms with Crippen molar-refractivity contribution in [2.45, 2.75) is 113 Å². The number of amides is 1. The van der Waals surface area contributed by atoms with Crippen molar-refractivity contribution in [2.75, 3.05) is 30.4 Å². The lowest BCUT2D eigenvalue weighted by atomic mass is 9.95. The van der Waals surface area contributed by atoms with E-state index in [4.69, 9.17) is 4.74 Å². The standard InChI is InChI=1S/C36H54N6O2S/c1-9-15-17-26(11-3)23-42(24-27(12-4)18-16-10-2)32-19-30(39-35(43)28(13-5)14-6)31(20-33(32)44-8)40-41-36-29(21-37)25(7)34(22-38)45-36/h19-20,26-28H,9-18,23-24H2,1-8H3,(H,39,43). The van der Waals surface area contributed by atoms with E-state index in [1.54, 1.807) is 14.0 Å². The molecule has 2 aromatic rings. The largest absolute Gasteiger partial charge is 0.494 e. The molecule has 45 heavy (non-hydrogen) atoms. The van der Waals surface area contributed by atoms with E-state index in [1.807, 2.05) is 26.0 Å². The lowest BCUT2D eigenvalue weighted by molar-refractivity contribution is -0.120. The molecule has 1 aromatic heterocycles. The van der Waals surface area contributed by atoms with Gasteiger partial charge in [-0.15, -0.1) is 21.6 Å². The van der Waals surface area contributed by atoms with Crippen LogP contribution in [0.3, 0.4) is 0 Å². The molecular formula is C36H54N6O2S. The van der Waals surface area contributed by atoms with E-state index in [9.17, 15) is 15.3 Å². The third-order valence-electron chi connectivity index (χ3n) is 8.89. The molecule has 0 bridgehead atoms. The van der Waals surface area contributed by atoms with Crippen molar-refractivity contribution in [1.29, 1.82) is 10.5 Å². The maximum Gasteiger partial charge on any atom is 0.227 e. The van der Waals surface area contributed by atoms with E-state index in [2.05, 4.69) is 60.3 Å². The van der Waals surface area contributed by atoms with E-state index < -0.39 is 0 Å². The predicted octanol–water partition coefficient (Wildman–Crippen LogP) is 10.8. The molecule has 1 heterocycles. The highest BCUT2D eigenvalue weighted by atomic mass is 32.1. The van der Waals surface area contributed by atoms with Crippen molar-refractivity contribution in [3.63, 3.8) is 0 Å². The van der Waals surface area contributed by atoms with Crippen LogP contribution in [0.15, 0.2) is 22.4 Å². The quantitative estimate of drug-likeness (QED) is 0.146. The first-order valence-corrected chi connectivity index (χ1v) is 17.7. The Morgan fingerprint density at radius 3 is 2.00 bits per heavy atom. The maximum atomic E-state index is 13.4. The van der Waals surface area contributed by atoms with Gasteiger partial charge in [0, 0.05) is 25.1 Å². The van der Waals surface area contributed by atoms with Crippen LogP contribution >= 0.6 is 11.3 Å². The molecule has 1 aromatic carbocycles. The molecule has 246 valence electrons. The van der Waals surface area contributed by atoms with E-state index in [-0.39, 0.29) is 11.8 Å². The van der Waals surface area contributed by atoms with Gasteiger partial charge in [-0.05, 0) is 56.1 Å². The lowest BCUT2D eigenvalue weighted by Gasteiger charge is -2.34. The van der Waals surface area contributed by atoms with Crippen LogP contribution in [0.2, 0.25) is 0 Å². The number of nitrogens with zero attached hydrogens (tertiary/aromatic N) is 5. The zero-order valence-corrected chi connectivity index (χ0v) is 29.6. The average molecular weight is 635 g/mol. The van der Waals surface area contributed by atoms with Crippen molar-refractivity contribution in [3.8, 4) is 17.9 Å². The number of hydrogen-bond donors (Lipinski definition) is 1. The molecule has 0 radical (unpaired) electrons. The Morgan fingerprint density at radius 1 is 0.933 bits per heavy atom. The Bertz CT molecular complexity index is 1320. The number of azo groups is 1. The first-order chi connectivity index (χ1) is 21.7. The van der Waals surface area contributed by atoms with Gasteiger partial charge in [-0.1, -0.05) is 80.1 Å². The molecule has 0 aliphatic rings. The number of ether oxygens (including phenoxy) is 1. The Hall–Kier alpha value is -3.43. The Labute approximate surface area is 275 Å². The Balaban J connectivity index is 2.73. The van der Waals surface area contributed by atoms with Crippen LogP contribution in [-0.2, 0) is 4.79 Å². The summed E-state index contributed by atoms with van der Waals surface area (Å²) < 4.78 is 6.00. The molecule has 1 amide bonds. The minimum atomic E-state index is -0.128. The third-order valence-corrected chi connectivity index (χ3v) is 9.97. The molecule has 0 spiro atoms. The average Bonchev–Trinajstić information content (AvgIpc) is 3.37.